The van der Waals surface area contributed by atoms with Crippen molar-refractivity contribution in [2.24, 2.45) is 0 Å². The lowest BCUT2D eigenvalue weighted by Crippen LogP contribution is -2.24. The van der Waals surface area contributed by atoms with Crippen LogP contribution in [0, 0.1) is 0 Å². The molecule has 1 N–H and O–H groups in total. The fourth-order valence-electron chi connectivity index (χ4n) is 1.80. The highest BCUT2D eigenvalue weighted by Crippen LogP contribution is 2.24. The molecule has 0 bridgehead atoms. The summed E-state index contributed by atoms with van der Waals surface area (Å²) in [5, 5.41) is 3.28. The Morgan fingerprint density at radius 1 is 1.33 bits per heavy atom. The molecule has 1 aromatic rings. The van der Waals surface area contributed by atoms with Crippen molar-refractivity contribution in [3.05, 3.63) is 29.3 Å². The highest BCUT2D eigenvalue weighted by molar-refractivity contribution is 5.37. The number of halogens is 1. The number of hydrogen-bond donors (Lipinski definition) is 1. The van der Waals surface area contributed by atoms with E-state index in [0.717, 1.165) is 19.5 Å². The van der Waals surface area contributed by atoms with Gasteiger partial charge in [0.2, 0.25) is 5.85 Å². The van der Waals surface area contributed by atoms with Gasteiger partial charge in [0.1, 0.15) is 5.75 Å². The Balaban J connectivity index is 2.21. The largest absolute Gasteiger partial charge is 0.459 e. The number of alkyl halides is 1. The first-order valence-corrected chi connectivity index (χ1v) is 5.25. The standard InChI is InChI=1S/C12H16FNO/c1-12(2,13)15-11-4-3-9-5-6-14-8-10(9)7-11/h3-4,7,14H,5-6,8H2,1-2H3. The Hall–Kier alpha value is -1.09. The summed E-state index contributed by atoms with van der Waals surface area (Å²) in [4.78, 5) is 0. The maximum absolute atomic E-state index is 13.3. The molecule has 15 heavy (non-hydrogen) atoms. The van der Waals surface area contributed by atoms with Gasteiger partial charge in [-0.15, -0.1) is 0 Å². The Labute approximate surface area is 89.4 Å². The van der Waals surface area contributed by atoms with Crippen molar-refractivity contribution in [1.82, 2.24) is 5.32 Å². The van der Waals surface area contributed by atoms with Crippen LogP contribution >= 0.6 is 0 Å². The predicted octanol–water partition coefficient (Wildman–Crippen LogP) is 2.42. The summed E-state index contributed by atoms with van der Waals surface area (Å²) in [6.45, 7) is 4.68. The van der Waals surface area contributed by atoms with Crippen molar-refractivity contribution in [1.29, 1.82) is 0 Å². The van der Waals surface area contributed by atoms with Gasteiger partial charge in [-0.3, -0.25) is 0 Å². The summed E-state index contributed by atoms with van der Waals surface area (Å²) in [6, 6.07) is 5.78. The van der Waals surface area contributed by atoms with Crippen LogP contribution in [-0.2, 0) is 13.0 Å². The van der Waals surface area contributed by atoms with Crippen LogP contribution in [0.5, 0.6) is 5.75 Å². The van der Waals surface area contributed by atoms with Crippen LogP contribution in [0.15, 0.2) is 18.2 Å². The lowest BCUT2D eigenvalue weighted by molar-refractivity contribution is -0.0257. The first-order valence-electron chi connectivity index (χ1n) is 5.25. The van der Waals surface area contributed by atoms with E-state index < -0.39 is 5.85 Å². The minimum atomic E-state index is -1.61. The van der Waals surface area contributed by atoms with Gasteiger partial charge in [0, 0.05) is 20.4 Å². The molecule has 0 radical (unpaired) electrons. The van der Waals surface area contributed by atoms with Crippen LogP contribution in [-0.4, -0.2) is 12.4 Å². The number of fused-ring (bicyclic) bond motifs is 1. The molecule has 2 rings (SSSR count). The number of benzene rings is 1. The molecule has 0 aromatic heterocycles. The van der Waals surface area contributed by atoms with Crippen LogP contribution < -0.4 is 10.1 Å². The van der Waals surface area contributed by atoms with E-state index in [1.54, 1.807) is 0 Å². The lowest BCUT2D eigenvalue weighted by Gasteiger charge is -2.21. The molecule has 1 heterocycles. The quantitative estimate of drug-likeness (QED) is 0.807. The topological polar surface area (TPSA) is 21.3 Å². The molecule has 0 saturated heterocycles. The number of rotatable bonds is 2. The van der Waals surface area contributed by atoms with Gasteiger partial charge in [-0.05, 0) is 36.2 Å². The number of nitrogens with one attached hydrogen (secondary N) is 1. The molecule has 0 unspecified atom stereocenters. The Kier molecular flexibility index (Phi) is 2.65. The average molecular weight is 209 g/mol. The highest BCUT2D eigenvalue weighted by Gasteiger charge is 2.18. The average Bonchev–Trinajstić information content (AvgIpc) is 2.15. The minimum Gasteiger partial charge on any atom is -0.459 e. The van der Waals surface area contributed by atoms with Gasteiger partial charge in [-0.2, -0.15) is 4.39 Å². The number of hydrogen-bond acceptors (Lipinski definition) is 2. The normalized spacial score (nSPS) is 15.9. The first-order chi connectivity index (χ1) is 7.04. The molecule has 0 fully saturated rings. The Morgan fingerprint density at radius 2 is 2.13 bits per heavy atom. The van der Waals surface area contributed by atoms with E-state index in [9.17, 15) is 4.39 Å². The van der Waals surface area contributed by atoms with Crippen molar-refractivity contribution in [3.8, 4) is 5.75 Å². The monoisotopic (exact) mass is 209 g/mol. The summed E-state index contributed by atoms with van der Waals surface area (Å²) in [7, 11) is 0. The fourth-order valence-corrected chi connectivity index (χ4v) is 1.80. The van der Waals surface area contributed by atoms with Gasteiger partial charge in [0.05, 0.1) is 0 Å². The van der Waals surface area contributed by atoms with Gasteiger partial charge in [0.15, 0.2) is 0 Å². The molecule has 0 saturated carbocycles. The predicted molar refractivity (Wildman–Crippen MR) is 57.7 cm³/mol. The third kappa shape index (κ3) is 2.69. The summed E-state index contributed by atoms with van der Waals surface area (Å²) in [5.41, 5.74) is 2.54. The molecule has 1 aromatic carbocycles. The summed E-state index contributed by atoms with van der Waals surface area (Å²) < 4.78 is 18.4. The zero-order valence-electron chi connectivity index (χ0n) is 9.14. The molecule has 1 aliphatic rings. The molecule has 0 aliphatic carbocycles. The molecular weight excluding hydrogens is 193 g/mol. The third-order valence-electron chi connectivity index (χ3n) is 2.42. The second-order valence-electron chi connectivity index (χ2n) is 4.32. The van der Waals surface area contributed by atoms with Crippen LogP contribution in [0.2, 0.25) is 0 Å². The van der Waals surface area contributed by atoms with E-state index in [1.165, 1.54) is 25.0 Å². The van der Waals surface area contributed by atoms with Crippen LogP contribution in [0.1, 0.15) is 25.0 Å². The minimum absolute atomic E-state index is 0.602. The second-order valence-corrected chi connectivity index (χ2v) is 4.32. The zero-order chi connectivity index (χ0) is 10.9. The van der Waals surface area contributed by atoms with Gasteiger partial charge in [0.25, 0.3) is 0 Å². The van der Waals surface area contributed by atoms with Crippen molar-refractivity contribution in [2.45, 2.75) is 32.7 Å². The van der Waals surface area contributed by atoms with Crippen LogP contribution in [0.3, 0.4) is 0 Å². The molecular formula is C12H16FNO. The van der Waals surface area contributed by atoms with Gasteiger partial charge in [-0.25, -0.2) is 0 Å². The fraction of sp³-hybridized carbons (Fsp3) is 0.500. The third-order valence-corrected chi connectivity index (χ3v) is 2.42. The molecule has 0 amide bonds. The summed E-state index contributed by atoms with van der Waals surface area (Å²) in [6.07, 6.45) is 1.04. The highest BCUT2D eigenvalue weighted by atomic mass is 19.2. The molecule has 3 heteroatoms. The second kappa shape index (κ2) is 3.81. The van der Waals surface area contributed by atoms with E-state index in [0.29, 0.717) is 5.75 Å². The zero-order valence-corrected chi connectivity index (χ0v) is 9.14. The van der Waals surface area contributed by atoms with E-state index in [-0.39, 0.29) is 0 Å². The molecule has 82 valence electrons. The lowest BCUT2D eigenvalue weighted by atomic mass is 10.0. The smallest absolute Gasteiger partial charge is 0.242 e. The SMILES string of the molecule is CC(C)(F)Oc1ccc2c(c1)CNCC2. The number of ether oxygens (including phenoxy) is 1. The maximum Gasteiger partial charge on any atom is 0.242 e. The summed E-state index contributed by atoms with van der Waals surface area (Å²) >= 11 is 0. The van der Waals surface area contributed by atoms with E-state index >= 15 is 0 Å². The van der Waals surface area contributed by atoms with E-state index in [2.05, 4.69) is 5.32 Å². The first kappa shape index (κ1) is 10.4. The maximum atomic E-state index is 13.3. The van der Waals surface area contributed by atoms with Crippen molar-refractivity contribution < 1.29 is 9.13 Å². The van der Waals surface area contributed by atoms with Crippen LogP contribution in [0.4, 0.5) is 4.39 Å². The molecule has 2 nitrogen and oxygen atoms in total. The molecule has 0 spiro atoms. The Bertz CT molecular complexity index is 357. The van der Waals surface area contributed by atoms with E-state index in [1.807, 2.05) is 18.2 Å². The summed E-state index contributed by atoms with van der Waals surface area (Å²) in [5.74, 6) is -1.01. The van der Waals surface area contributed by atoms with Gasteiger partial charge >= 0.3 is 0 Å². The molecule has 0 atom stereocenters. The van der Waals surface area contributed by atoms with Gasteiger partial charge in [-0.1, -0.05) is 6.07 Å². The van der Waals surface area contributed by atoms with Crippen molar-refractivity contribution in [2.75, 3.05) is 6.54 Å². The van der Waals surface area contributed by atoms with E-state index in [4.69, 9.17) is 4.74 Å². The van der Waals surface area contributed by atoms with Crippen molar-refractivity contribution in [3.63, 3.8) is 0 Å². The van der Waals surface area contributed by atoms with Crippen molar-refractivity contribution >= 4 is 0 Å². The Morgan fingerprint density at radius 3 is 2.87 bits per heavy atom. The van der Waals surface area contributed by atoms with Crippen LogP contribution in [0.25, 0.3) is 0 Å². The molecule has 1 aliphatic heterocycles. The van der Waals surface area contributed by atoms with Gasteiger partial charge < -0.3 is 10.1 Å².